The van der Waals surface area contributed by atoms with Gasteiger partial charge in [0.1, 0.15) is 6.33 Å². The average molecular weight is 322 g/mol. The fraction of sp³-hybridized carbons (Fsp3) is 0.0625. The zero-order chi connectivity index (χ0) is 16.9. The smallest absolute Gasteiger partial charge is 0.267 e. The molecule has 1 aromatic heterocycles. The van der Waals surface area contributed by atoms with Gasteiger partial charge in [-0.25, -0.2) is 4.68 Å². The van der Waals surface area contributed by atoms with Crippen LogP contribution in [-0.4, -0.2) is 32.0 Å². The predicted octanol–water partition coefficient (Wildman–Crippen LogP) is 1.05. The Balaban J connectivity index is 1.62. The molecule has 0 bridgehead atoms. The number of amides is 2. The van der Waals surface area contributed by atoms with E-state index in [0.717, 1.165) is 11.3 Å². The van der Waals surface area contributed by atoms with Gasteiger partial charge >= 0.3 is 0 Å². The average Bonchev–Trinajstić information content (AvgIpc) is 3.14. The van der Waals surface area contributed by atoms with Gasteiger partial charge < -0.3 is 0 Å². The number of nitrogens with one attached hydrogen (secondary N) is 2. The molecule has 8 heteroatoms. The highest BCUT2D eigenvalue weighted by Gasteiger charge is 2.09. The van der Waals surface area contributed by atoms with Crippen molar-refractivity contribution in [3.63, 3.8) is 0 Å². The zero-order valence-electron chi connectivity index (χ0n) is 12.8. The van der Waals surface area contributed by atoms with Gasteiger partial charge in [0, 0.05) is 11.1 Å². The minimum atomic E-state index is -0.417. The summed E-state index contributed by atoms with van der Waals surface area (Å²) in [6.45, 7) is 1.89. The summed E-state index contributed by atoms with van der Waals surface area (Å²) in [5, 5.41) is 10.9. The lowest BCUT2D eigenvalue weighted by Gasteiger charge is -2.08. The van der Waals surface area contributed by atoms with E-state index in [9.17, 15) is 9.59 Å². The van der Waals surface area contributed by atoms with E-state index in [1.165, 1.54) is 11.0 Å². The van der Waals surface area contributed by atoms with Crippen LogP contribution in [0, 0.1) is 6.92 Å². The molecule has 0 saturated carbocycles. The van der Waals surface area contributed by atoms with Gasteiger partial charge in [0.15, 0.2) is 0 Å². The zero-order valence-corrected chi connectivity index (χ0v) is 12.8. The molecular weight excluding hydrogens is 308 g/mol. The maximum absolute atomic E-state index is 12.1. The van der Waals surface area contributed by atoms with Crippen LogP contribution < -0.4 is 10.9 Å². The van der Waals surface area contributed by atoms with Crippen molar-refractivity contribution in [2.45, 2.75) is 6.92 Å². The van der Waals surface area contributed by atoms with Crippen molar-refractivity contribution in [2.24, 2.45) is 0 Å². The van der Waals surface area contributed by atoms with Crippen molar-refractivity contribution in [3.8, 4) is 5.69 Å². The van der Waals surface area contributed by atoms with Gasteiger partial charge in [0.2, 0.25) is 0 Å². The second-order valence-electron chi connectivity index (χ2n) is 5.08. The number of carbonyl (C=O) groups is 2. The number of tetrazole rings is 1. The van der Waals surface area contributed by atoms with Crippen molar-refractivity contribution in [1.82, 2.24) is 31.1 Å². The van der Waals surface area contributed by atoms with Crippen molar-refractivity contribution < 1.29 is 9.59 Å². The Hall–Kier alpha value is -3.55. The molecule has 3 rings (SSSR count). The van der Waals surface area contributed by atoms with Crippen LogP contribution in [-0.2, 0) is 0 Å². The number of aryl methyl sites for hydroxylation is 1. The van der Waals surface area contributed by atoms with Crippen LogP contribution in [0.15, 0.2) is 54.9 Å². The lowest BCUT2D eigenvalue weighted by Crippen LogP contribution is -2.41. The van der Waals surface area contributed by atoms with E-state index in [4.69, 9.17) is 0 Å². The monoisotopic (exact) mass is 322 g/mol. The number of hydrazine groups is 1. The van der Waals surface area contributed by atoms with Gasteiger partial charge in [-0.1, -0.05) is 17.7 Å². The molecule has 3 aromatic rings. The number of rotatable bonds is 3. The van der Waals surface area contributed by atoms with E-state index in [0.29, 0.717) is 11.1 Å². The first-order valence-electron chi connectivity index (χ1n) is 7.14. The van der Waals surface area contributed by atoms with Gasteiger partial charge in [0.05, 0.1) is 5.69 Å². The van der Waals surface area contributed by atoms with E-state index in [2.05, 4.69) is 26.4 Å². The third-order valence-electron chi connectivity index (χ3n) is 3.31. The third kappa shape index (κ3) is 3.43. The molecule has 0 spiro atoms. The van der Waals surface area contributed by atoms with Crippen molar-refractivity contribution in [1.29, 1.82) is 0 Å². The number of benzene rings is 2. The van der Waals surface area contributed by atoms with E-state index in [-0.39, 0.29) is 5.91 Å². The standard InChI is InChI=1S/C16H14N6O2/c1-11-3-2-4-13(9-11)16(24)19-18-15(23)12-5-7-14(8-6-12)22-10-17-20-21-22/h2-10H,1H3,(H,18,23)(H,19,24). The molecule has 0 unspecified atom stereocenters. The molecule has 24 heavy (non-hydrogen) atoms. The van der Waals surface area contributed by atoms with E-state index in [1.54, 1.807) is 42.5 Å². The van der Waals surface area contributed by atoms with Crippen molar-refractivity contribution in [3.05, 3.63) is 71.5 Å². The maximum Gasteiger partial charge on any atom is 0.269 e. The van der Waals surface area contributed by atoms with E-state index in [1.807, 2.05) is 13.0 Å². The largest absolute Gasteiger partial charge is 0.269 e. The van der Waals surface area contributed by atoms with Crippen LogP contribution >= 0.6 is 0 Å². The molecule has 0 radical (unpaired) electrons. The first kappa shape index (κ1) is 15.3. The van der Waals surface area contributed by atoms with Crippen LogP contribution in [0.1, 0.15) is 26.3 Å². The van der Waals surface area contributed by atoms with E-state index >= 15 is 0 Å². The second-order valence-corrected chi connectivity index (χ2v) is 5.08. The molecule has 1 heterocycles. The Morgan fingerprint density at radius 3 is 2.29 bits per heavy atom. The minimum absolute atomic E-state index is 0.377. The van der Waals surface area contributed by atoms with Crippen LogP contribution in [0.5, 0.6) is 0 Å². The summed E-state index contributed by atoms with van der Waals surface area (Å²) in [4.78, 5) is 24.1. The van der Waals surface area contributed by atoms with Crippen molar-refractivity contribution in [2.75, 3.05) is 0 Å². The highest BCUT2D eigenvalue weighted by Crippen LogP contribution is 2.07. The Labute approximate surface area is 137 Å². The summed E-state index contributed by atoms with van der Waals surface area (Å²) in [5.41, 5.74) is 7.34. The molecule has 2 aromatic carbocycles. The fourth-order valence-electron chi connectivity index (χ4n) is 2.09. The molecular formula is C16H14N6O2. The van der Waals surface area contributed by atoms with Gasteiger partial charge in [-0.15, -0.1) is 5.10 Å². The van der Waals surface area contributed by atoms with Gasteiger partial charge in [-0.3, -0.25) is 20.4 Å². The predicted molar refractivity (Wildman–Crippen MR) is 85.3 cm³/mol. The van der Waals surface area contributed by atoms with E-state index < -0.39 is 5.91 Å². The summed E-state index contributed by atoms with van der Waals surface area (Å²) in [7, 11) is 0. The Bertz CT molecular complexity index is 859. The molecule has 0 aliphatic carbocycles. The van der Waals surface area contributed by atoms with Crippen LogP contribution in [0.3, 0.4) is 0 Å². The second kappa shape index (κ2) is 6.69. The highest BCUT2D eigenvalue weighted by molar-refractivity contribution is 5.99. The Morgan fingerprint density at radius 2 is 1.67 bits per heavy atom. The van der Waals surface area contributed by atoms with Crippen molar-refractivity contribution >= 4 is 11.8 Å². The molecule has 0 atom stereocenters. The summed E-state index contributed by atoms with van der Waals surface area (Å²) in [5.74, 6) is -0.795. The lowest BCUT2D eigenvalue weighted by molar-refractivity contribution is 0.0846. The normalized spacial score (nSPS) is 10.2. The molecule has 0 saturated heterocycles. The maximum atomic E-state index is 12.1. The van der Waals surface area contributed by atoms with Crippen LogP contribution in [0.2, 0.25) is 0 Å². The third-order valence-corrected chi connectivity index (χ3v) is 3.31. The van der Waals surface area contributed by atoms with Crippen LogP contribution in [0.25, 0.3) is 5.69 Å². The highest BCUT2D eigenvalue weighted by atomic mass is 16.2. The number of nitrogens with zero attached hydrogens (tertiary/aromatic N) is 4. The quantitative estimate of drug-likeness (QED) is 0.702. The lowest BCUT2D eigenvalue weighted by atomic mass is 10.1. The molecule has 120 valence electrons. The summed E-state index contributed by atoms with van der Waals surface area (Å²) < 4.78 is 1.47. The summed E-state index contributed by atoms with van der Waals surface area (Å²) in [6, 6.07) is 13.7. The van der Waals surface area contributed by atoms with Gasteiger partial charge in [-0.05, 0) is 53.7 Å². The number of carbonyl (C=O) groups excluding carboxylic acids is 2. The first-order chi connectivity index (χ1) is 11.6. The molecule has 0 fully saturated rings. The molecule has 8 nitrogen and oxygen atoms in total. The SMILES string of the molecule is Cc1cccc(C(=O)NNC(=O)c2ccc(-n3cnnn3)cc2)c1. The number of aromatic nitrogens is 4. The minimum Gasteiger partial charge on any atom is -0.267 e. The topological polar surface area (TPSA) is 102 Å². The number of hydrogen-bond donors (Lipinski definition) is 2. The molecule has 0 aliphatic rings. The van der Waals surface area contributed by atoms with Gasteiger partial charge in [0.25, 0.3) is 11.8 Å². The molecule has 2 N–H and O–H groups in total. The Morgan fingerprint density at radius 1 is 0.958 bits per heavy atom. The van der Waals surface area contributed by atoms with Crippen LogP contribution in [0.4, 0.5) is 0 Å². The first-order valence-corrected chi connectivity index (χ1v) is 7.14. The fourth-order valence-corrected chi connectivity index (χ4v) is 2.09. The Kier molecular flexibility index (Phi) is 4.28. The summed E-state index contributed by atoms with van der Waals surface area (Å²) in [6.07, 6.45) is 1.46. The van der Waals surface area contributed by atoms with Gasteiger partial charge in [-0.2, -0.15) is 0 Å². The molecule has 2 amide bonds. The number of hydrogen-bond acceptors (Lipinski definition) is 5. The molecule has 0 aliphatic heterocycles. The summed E-state index contributed by atoms with van der Waals surface area (Å²) >= 11 is 0.